The lowest BCUT2D eigenvalue weighted by molar-refractivity contribution is 0.199. The van der Waals surface area contributed by atoms with Gasteiger partial charge < -0.3 is 10.0 Å². The fourth-order valence-electron chi connectivity index (χ4n) is 1.90. The first-order valence-electron chi connectivity index (χ1n) is 5.56. The molecular formula is C13H16FNO. The van der Waals surface area contributed by atoms with Crippen LogP contribution in [-0.2, 0) is 0 Å². The zero-order chi connectivity index (χ0) is 11.5. The Morgan fingerprint density at radius 2 is 2.19 bits per heavy atom. The van der Waals surface area contributed by atoms with E-state index in [1.165, 1.54) is 6.07 Å². The van der Waals surface area contributed by atoms with Crippen LogP contribution >= 0.6 is 0 Å². The van der Waals surface area contributed by atoms with Gasteiger partial charge in [-0.05, 0) is 31.0 Å². The second kappa shape index (κ2) is 4.66. The summed E-state index contributed by atoms with van der Waals surface area (Å²) in [7, 11) is 0. The quantitative estimate of drug-likeness (QED) is 0.776. The highest BCUT2D eigenvalue weighted by molar-refractivity contribution is 5.50. The molecule has 0 saturated carbocycles. The molecule has 1 aliphatic rings. The van der Waals surface area contributed by atoms with Gasteiger partial charge in [0.2, 0.25) is 0 Å². The normalized spacial score (nSPS) is 17.6. The smallest absolute Gasteiger partial charge is 0.146 e. The maximum Gasteiger partial charge on any atom is 0.146 e. The number of hydrogen-bond donors (Lipinski definition) is 1. The second-order valence-corrected chi connectivity index (χ2v) is 4.09. The average Bonchev–Trinajstić information content (AvgIpc) is 2.30. The summed E-state index contributed by atoms with van der Waals surface area (Å²) in [6.07, 6.45) is 4.49. The molecule has 86 valence electrons. The molecule has 2 nitrogen and oxygen atoms in total. The second-order valence-electron chi connectivity index (χ2n) is 4.09. The summed E-state index contributed by atoms with van der Waals surface area (Å²) < 4.78 is 13.8. The van der Waals surface area contributed by atoms with Crippen molar-refractivity contribution in [1.82, 2.24) is 0 Å². The van der Waals surface area contributed by atoms with Gasteiger partial charge in [-0.25, -0.2) is 4.39 Å². The summed E-state index contributed by atoms with van der Waals surface area (Å²) >= 11 is 0. The summed E-state index contributed by atoms with van der Waals surface area (Å²) in [5.41, 5.74) is 1.24. The summed E-state index contributed by atoms with van der Waals surface area (Å²) in [6.45, 7) is 3.24. The Balaban J connectivity index is 2.25. The third-order valence-corrected chi connectivity index (χ3v) is 2.85. The first-order chi connectivity index (χ1) is 7.68. The van der Waals surface area contributed by atoms with Crippen LogP contribution in [0.25, 0.3) is 0 Å². The summed E-state index contributed by atoms with van der Waals surface area (Å²) in [4.78, 5) is 2.00. The fourth-order valence-corrected chi connectivity index (χ4v) is 1.90. The molecule has 1 atom stereocenters. The van der Waals surface area contributed by atoms with Crippen LogP contribution in [0, 0.1) is 5.82 Å². The van der Waals surface area contributed by atoms with Crippen molar-refractivity contribution in [2.45, 2.75) is 19.4 Å². The van der Waals surface area contributed by atoms with E-state index in [0.717, 1.165) is 19.5 Å². The standard InChI is InChI=1S/C13H16FNO/c1-10(16)11-5-6-13(12(14)9-11)15-7-3-2-4-8-15/h2-3,5-6,9-10,16H,4,7-8H2,1H3/t10-/m0/s1. The van der Waals surface area contributed by atoms with Crippen molar-refractivity contribution in [1.29, 1.82) is 0 Å². The molecule has 1 aromatic carbocycles. The van der Waals surface area contributed by atoms with Crippen LogP contribution in [-0.4, -0.2) is 18.2 Å². The lowest BCUT2D eigenvalue weighted by Gasteiger charge is -2.26. The molecule has 0 unspecified atom stereocenters. The molecule has 0 amide bonds. The van der Waals surface area contributed by atoms with E-state index in [4.69, 9.17) is 0 Å². The Labute approximate surface area is 95.0 Å². The van der Waals surface area contributed by atoms with E-state index in [1.807, 2.05) is 11.0 Å². The molecule has 3 heteroatoms. The predicted octanol–water partition coefficient (Wildman–Crippen LogP) is 2.65. The highest BCUT2D eigenvalue weighted by atomic mass is 19.1. The Kier molecular flexibility index (Phi) is 3.25. The van der Waals surface area contributed by atoms with Gasteiger partial charge in [-0.15, -0.1) is 0 Å². The molecule has 16 heavy (non-hydrogen) atoms. The zero-order valence-corrected chi connectivity index (χ0v) is 9.36. The third-order valence-electron chi connectivity index (χ3n) is 2.85. The molecule has 1 aromatic rings. The van der Waals surface area contributed by atoms with Gasteiger partial charge in [0.25, 0.3) is 0 Å². The number of benzene rings is 1. The highest BCUT2D eigenvalue weighted by Gasteiger charge is 2.13. The van der Waals surface area contributed by atoms with Crippen molar-refractivity contribution in [3.8, 4) is 0 Å². The third kappa shape index (κ3) is 2.25. The number of hydrogen-bond acceptors (Lipinski definition) is 2. The van der Waals surface area contributed by atoms with Crippen molar-refractivity contribution >= 4 is 5.69 Å². The number of aliphatic hydroxyl groups excluding tert-OH is 1. The largest absolute Gasteiger partial charge is 0.389 e. The van der Waals surface area contributed by atoms with Crippen LogP contribution in [0.1, 0.15) is 25.0 Å². The maximum atomic E-state index is 13.8. The van der Waals surface area contributed by atoms with Gasteiger partial charge in [0.15, 0.2) is 0 Å². The number of rotatable bonds is 2. The number of anilines is 1. The lowest BCUT2D eigenvalue weighted by Crippen LogP contribution is -2.27. The van der Waals surface area contributed by atoms with E-state index in [2.05, 4.69) is 6.08 Å². The van der Waals surface area contributed by atoms with Crippen molar-refractivity contribution in [3.63, 3.8) is 0 Å². The molecule has 0 saturated heterocycles. The maximum absolute atomic E-state index is 13.8. The number of aliphatic hydroxyl groups is 1. The molecule has 0 aliphatic carbocycles. The van der Waals surface area contributed by atoms with E-state index in [-0.39, 0.29) is 5.82 Å². The molecule has 1 aliphatic heterocycles. The van der Waals surface area contributed by atoms with Crippen LogP contribution in [0.4, 0.5) is 10.1 Å². The topological polar surface area (TPSA) is 23.5 Å². The molecule has 0 radical (unpaired) electrons. The van der Waals surface area contributed by atoms with Crippen LogP contribution in [0.15, 0.2) is 30.4 Å². The van der Waals surface area contributed by atoms with Crippen LogP contribution in [0.3, 0.4) is 0 Å². The highest BCUT2D eigenvalue weighted by Crippen LogP contribution is 2.24. The van der Waals surface area contributed by atoms with Gasteiger partial charge in [-0.1, -0.05) is 18.2 Å². The molecule has 0 spiro atoms. The van der Waals surface area contributed by atoms with Crippen LogP contribution in [0.2, 0.25) is 0 Å². The summed E-state index contributed by atoms with van der Waals surface area (Å²) in [6, 6.07) is 4.94. The molecule has 0 fully saturated rings. The molecule has 0 bridgehead atoms. The molecule has 1 N–H and O–H groups in total. The van der Waals surface area contributed by atoms with E-state index in [1.54, 1.807) is 19.1 Å². The van der Waals surface area contributed by atoms with Crippen LogP contribution in [0.5, 0.6) is 0 Å². The van der Waals surface area contributed by atoms with Crippen molar-refractivity contribution in [3.05, 3.63) is 41.7 Å². The predicted molar refractivity (Wildman–Crippen MR) is 63.0 cm³/mol. The Morgan fingerprint density at radius 3 is 2.75 bits per heavy atom. The first-order valence-corrected chi connectivity index (χ1v) is 5.56. The van der Waals surface area contributed by atoms with Crippen molar-refractivity contribution in [2.75, 3.05) is 18.0 Å². The fraction of sp³-hybridized carbons (Fsp3) is 0.385. The van der Waals surface area contributed by atoms with Crippen LogP contribution < -0.4 is 4.90 Å². The van der Waals surface area contributed by atoms with E-state index < -0.39 is 6.10 Å². The zero-order valence-electron chi connectivity index (χ0n) is 9.36. The van der Waals surface area contributed by atoms with Gasteiger partial charge in [0.05, 0.1) is 11.8 Å². The van der Waals surface area contributed by atoms with Gasteiger partial charge in [-0.2, -0.15) is 0 Å². The minimum absolute atomic E-state index is 0.256. The Hall–Kier alpha value is -1.35. The Morgan fingerprint density at radius 1 is 1.38 bits per heavy atom. The van der Waals surface area contributed by atoms with E-state index in [9.17, 15) is 9.50 Å². The van der Waals surface area contributed by atoms with E-state index >= 15 is 0 Å². The van der Waals surface area contributed by atoms with E-state index in [0.29, 0.717) is 11.3 Å². The van der Waals surface area contributed by atoms with Crippen molar-refractivity contribution < 1.29 is 9.50 Å². The number of nitrogens with zero attached hydrogens (tertiary/aromatic N) is 1. The minimum Gasteiger partial charge on any atom is -0.389 e. The molecule has 1 heterocycles. The SMILES string of the molecule is C[C@H](O)c1ccc(N2CC=CCC2)c(F)c1. The minimum atomic E-state index is -0.621. The monoisotopic (exact) mass is 221 g/mol. The van der Waals surface area contributed by atoms with Gasteiger partial charge in [0.1, 0.15) is 5.82 Å². The summed E-state index contributed by atoms with van der Waals surface area (Å²) in [5.74, 6) is -0.256. The Bertz CT molecular complexity index is 401. The van der Waals surface area contributed by atoms with Crippen molar-refractivity contribution in [2.24, 2.45) is 0 Å². The summed E-state index contributed by atoms with van der Waals surface area (Å²) in [5, 5.41) is 9.36. The molecular weight excluding hydrogens is 205 g/mol. The molecule has 0 aromatic heterocycles. The molecule has 2 rings (SSSR count). The average molecular weight is 221 g/mol. The van der Waals surface area contributed by atoms with Gasteiger partial charge in [0, 0.05) is 13.1 Å². The number of halogens is 1. The van der Waals surface area contributed by atoms with Gasteiger partial charge >= 0.3 is 0 Å². The van der Waals surface area contributed by atoms with Gasteiger partial charge in [-0.3, -0.25) is 0 Å². The lowest BCUT2D eigenvalue weighted by atomic mass is 10.1. The first kappa shape index (κ1) is 11.1.